The molecule has 0 atom stereocenters. The molecule has 0 saturated heterocycles. The molecule has 11 aromatic rings. The molecule has 238 valence electrons. The maximum atomic E-state index is 5.40. The minimum absolute atomic E-state index is 0.949. The highest BCUT2D eigenvalue weighted by Gasteiger charge is 2.22. The molecule has 0 N–H and O–H groups in total. The molecular weight excluding hydrogens is 639 g/mol. The zero-order valence-corrected chi connectivity index (χ0v) is 28.3. The van der Waals surface area contributed by atoms with Gasteiger partial charge in [-0.05, 0) is 54.6 Å². The highest BCUT2D eigenvalue weighted by atomic mass is 32.1. The number of para-hydroxylation sites is 3. The van der Waals surface area contributed by atoms with Crippen molar-refractivity contribution in [1.29, 1.82) is 0 Å². The van der Waals surface area contributed by atoms with Crippen LogP contribution < -0.4 is 0 Å². The summed E-state index contributed by atoms with van der Waals surface area (Å²) in [7, 11) is 0. The molecule has 0 radical (unpaired) electrons. The third-order valence-electron chi connectivity index (χ3n) is 10.3. The molecule has 0 aliphatic carbocycles. The molecule has 51 heavy (non-hydrogen) atoms. The molecule has 0 bridgehead atoms. The summed E-state index contributed by atoms with van der Waals surface area (Å²) in [5, 5.41) is 7.51. The molecule has 0 aliphatic rings. The number of thiophene rings is 1. The van der Waals surface area contributed by atoms with Crippen LogP contribution in [0.2, 0.25) is 0 Å². The summed E-state index contributed by atoms with van der Waals surface area (Å²) < 4.78 is 7.45. The van der Waals surface area contributed by atoms with E-state index in [2.05, 4.69) is 185 Å². The second kappa shape index (κ2) is 11.0. The van der Waals surface area contributed by atoms with E-state index in [0.717, 1.165) is 33.9 Å². The Labute approximate surface area is 297 Å². The first-order chi connectivity index (χ1) is 25.3. The third kappa shape index (κ3) is 4.21. The molecule has 0 fully saturated rings. The number of hydrogen-bond acceptors (Lipinski definition) is 2. The molecule has 0 aliphatic heterocycles. The van der Waals surface area contributed by atoms with Crippen LogP contribution in [0.15, 0.2) is 176 Å². The number of benzene rings is 7. The highest BCUT2D eigenvalue weighted by Crippen LogP contribution is 2.44. The topological polar surface area (TPSA) is 22.8 Å². The Morgan fingerprint density at radius 2 is 1.04 bits per heavy atom. The Kier molecular flexibility index (Phi) is 6.12. The van der Waals surface area contributed by atoms with Gasteiger partial charge in [-0.15, -0.1) is 11.3 Å². The van der Waals surface area contributed by atoms with Crippen LogP contribution in [0.3, 0.4) is 0 Å². The summed E-state index contributed by atoms with van der Waals surface area (Å²) in [6.07, 6.45) is 0. The van der Waals surface area contributed by atoms with Crippen molar-refractivity contribution in [3.05, 3.63) is 176 Å². The predicted octanol–water partition coefficient (Wildman–Crippen LogP) is 13.0. The van der Waals surface area contributed by atoms with Gasteiger partial charge >= 0.3 is 0 Å². The van der Waals surface area contributed by atoms with Crippen molar-refractivity contribution in [3.8, 4) is 33.9 Å². The van der Waals surface area contributed by atoms with Crippen LogP contribution >= 0.6 is 11.3 Å². The fourth-order valence-electron chi connectivity index (χ4n) is 8.16. The lowest BCUT2D eigenvalue weighted by atomic mass is 10.0. The summed E-state index contributed by atoms with van der Waals surface area (Å²) >= 11 is 1.84. The van der Waals surface area contributed by atoms with Gasteiger partial charge in [0, 0.05) is 58.5 Å². The number of aromatic nitrogens is 3. The Balaban J connectivity index is 1.27. The second-order valence-corrected chi connectivity index (χ2v) is 14.2. The van der Waals surface area contributed by atoms with E-state index in [1.54, 1.807) is 0 Å². The average molecular weight is 668 g/mol. The number of rotatable bonds is 4. The summed E-state index contributed by atoms with van der Waals surface area (Å²) in [5.41, 5.74) is 11.2. The molecule has 0 spiro atoms. The molecule has 7 aromatic carbocycles. The highest BCUT2D eigenvalue weighted by molar-refractivity contribution is 7.25. The number of hydrogen-bond donors (Lipinski definition) is 0. The van der Waals surface area contributed by atoms with Crippen LogP contribution in [0, 0.1) is 0 Å². The largest absolute Gasteiger partial charge is 0.309 e. The fraction of sp³-hybridized carbons (Fsp3) is 0. The summed E-state index contributed by atoms with van der Waals surface area (Å²) in [6, 6.07) is 63.5. The van der Waals surface area contributed by atoms with E-state index in [1.807, 2.05) is 11.3 Å². The number of pyridine rings is 1. The van der Waals surface area contributed by atoms with Crippen molar-refractivity contribution in [1.82, 2.24) is 14.1 Å². The molecule has 4 heteroatoms. The van der Waals surface area contributed by atoms with Gasteiger partial charge in [0.15, 0.2) is 0 Å². The van der Waals surface area contributed by atoms with Crippen LogP contribution in [-0.4, -0.2) is 14.1 Å². The molecule has 0 amide bonds. The summed E-state index contributed by atoms with van der Waals surface area (Å²) in [5.74, 6) is 0. The Morgan fingerprint density at radius 1 is 0.392 bits per heavy atom. The van der Waals surface area contributed by atoms with Gasteiger partial charge in [-0.1, -0.05) is 121 Å². The zero-order chi connectivity index (χ0) is 33.5. The molecule has 4 aromatic heterocycles. The third-order valence-corrected chi connectivity index (χ3v) is 11.4. The summed E-state index contributed by atoms with van der Waals surface area (Å²) in [4.78, 5) is 5.40. The fourth-order valence-corrected chi connectivity index (χ4v) is 9.29. The van der Waals surface area contributed by atoms with Crippen molar-refractivity contribution in [2.75, 3.05) is 0 Å². The van der Waals surface area contributed by atoms with Crippen molar-refractivity contribution in [3.63, 3.8) is 0 Å². The van der Waals surface area contributed by atoms with Gasteiger partial charge in [-0.2, -0.15) is 0 Å². The minimum Gasteiger partial charge on any atom is -0.309 e. The lowest BCUT2D eigenvalue weighted by Gasteiger charge is -2.14. The number of nitrogens with zero attached hydrogens (tertiary/aromatic N) is 3. The molecule has 11 rings (SSSR count). The molecule has 0 saturated carbocycles. The Hall–Kier alpha value is -6.49. The van der Waals surface area contributed by atoms with Gasteiger partial charge in [-0.25, -0.2) is 4.98 Å². The first-order valence-electron chi connectivity index (χ1n) is 17.3. The van der Waals surface area contributed by atoms with Gasteiger partial charge in [-0.3, -0.25) is 0 Å². The molecule has 4 heterocycles. The van der Waals surface area contributed by atoms with Crippen molar-refractivity contribution < 1.29 is 0 Å². The second-order valence-electron chi connectivity index (χ2n) is 13.1. The van der Waals surface area contributed by atoms with Gasteiger partial charge in [0.1, 0.15) is 0 Å². The van der Waals surface area contributed by atoms with Crippen molar-refractivity contribution >= 4 is 75.1 Å². The van der Waals surface area contributed by atoms with E-state index in [-0.39, 0.29) is 0 Å². The minimum atomic E-state index is 0.949. The van der Waals surface area contributed by atoms with Crippen LogP contribution in [0.4, 0.5) is 0 Å². The van der Waals surface area contributed by atoms with Crippen LogP contribution in [-0.2, 0) is 0 Å². The number of fused-ring (bicyclic) bond motifs is 10. The van der Waals surface area contributed by atoms with Crippen LogP contribution in [0.1, 0.15) is 0 Å². The quantitative estimate of drug-likeness (QED) is 0.183. The van der Waals surface area contributed by atoms with Crippen molar-refractivity contribution in [2.45, 2.75) is 0 Å². The zero-order valence-electron chi connectivity index (χ0n) is 27.5. The monoisotopic (exact) mass is 667 g/mol. The van der Waals surface area contributed by atoms with E-state index >= 15 is 0 Å². The first-order valence-corrected chi connectivity index (χ1v) is 18.1. The summed E-state index contributed by atoms with van der Waals surface area (Å²) in [6.45, 7) is 0. The predicted molar refractivity (Wildman–Crippen MR) is 217 cm³/mol. The van der Waals surface area contributed by atoms with Crippen molar-refractivity contribution in [2.24, 2.45) is 0 Å². The van der Waals surface area contributed by atoms with E-state index in [4.69, 9.17) is 4.98 Å². The molecule has 3 nitrogen and oxygen atoms in total. The maximum absolute atomic E-state index is 5.40. The smallest absolute Gasteiger partial charge is 0.0737 e. The lowest BCUT2D eigenvalue weighted by molar-refractivity contribution is 1.16. The molecular formula is C47H29N3S. The van der Waals surface area contributed by atoms with Gasteiger partial charge in [0.25, 0.3) is 0 Å². The van der Waals surface area contributed by atoms with E-state index in [1.165, 1.54) is 63.8 Å². The Morgan fingerprint density at radius 3 is 1.86 bits per heavy atom. The normalized spacial score (nSPS) is 11.9. The SMILES string of the molecule is c1ccc(-c2cc(-n3c4ccccc4c4c3ccc3c5ccccc5n(-c5ccccc5)c34)cc(-c3cccc4sc5ccccc5c34)n2)cc1. The van der Waals surface area contributed by atoms with E-state index in [0.29, 0.717) is 0 Å². The van der Waals surface area contributed by atoms with E-state index < -0.39 is 0 Å². The molecule has 0 unspecified atom stereocenters. The van der Waals surface area contributed by atoms with Crippen LogP contribution in [0.25, 0.3) is 97.7 Å². The van der Waals surface area contributed by atoms with E-state index in [9.17, 15) is 0 Å². The standard InChI is InChI=1S/C47H29N3S/c1-3-14-30(15-4-1)38-28-32(29-39(48-38)35-21-13-25-44-45(35)37-20-9-12-24-43(37)51-44)49-41-23-11-8-19-36(41)46-42(49)27-26-34-33-18-7-10-22-40(33)50(47(34)46)31-16-5-2-6-17-31/h1-29H. The van der Waals surface area contributed by atoms with Gasteiger partial charge in [0.05, 0.1) is 39.1 Å². The lowest BCUT2D eigenvalue weighted by Crippen LogP contribution is -1.98. The maximum Gasteiger partial charge on any atom is 0.0737 e. The van der Waals surface area contributed by atoms with Gasteiger partial charge in [0.2, 0.25) is 0 Å². The van der Waals surface area contributed by atoms with Crippen LogP contribution in [0.5, 0.6) is 0 Å². The van der Waals surface area contributed by atoms with Gasteiger partial charge < -0.3 is 9.13 Å². The first kappa shape index (κ1) is 28.4. The average Bonchev–Trinajstić information content (AvgIpc) is 3.86. The Bertz CT molecular complexity index is 3130.